The summed E-state index contributed by atoms with van der Waals surface area (Å²) in [5, 5.41) is 0. The number of hydrogen-bond acceptors (Lipinski definition) is 1. The molecule has 1 amide bonds. The van der Waals surface area contributed by atoms with E-state index in [-0.39, 0.29) is 5.91 Å². The minimum Gasteiger partial charge on any atom is -0.366 e. The first-order valence-corrected chi connectivity index (χ1v) is 4.34. The Balaban J connectivity index is 2.61. The molecule has 1 saturated carbocycles. The molecule has 0 aromatic rings. The Labute approximate surface area is 73.1 Å². The average molecular weight is 165 g/mol. The van der Waals surface area contributed by atoms with Crippen LogP contribution in [-0.4, -0.2) is 5.91 Å². The number of amides is 1. The third kappa shape index (κ3) is 2.22. The normalized spacial score (nSPS) is 17.6. The lowest BCUT2D eigenvalue weighted by Gasteiger charge is -2.00. The summed E-state index contributed by atoms with van der Waals surface area (Å²) in [6.45, 7) is 5.83. The van der Waals surface area contributed by atoms with Crippen LogP contribution in [0, 0.1) is 5.92 Å². The maximum absolute atomic E-state index is 10.8. The summed E-state index contributed by atoms with van der Waals surface area (Å²) in [7, 11) is 0. The van der Waals surface area contributed by atoms with Gasteiger partial charge in [0.2, 0.25) is 5.91 Å². The molecule has 66 valence electrons. The van der Waals surface area contributed by atoms with Crippen LogP contribution < -0.4 is 5.73 Å². The number of allylic oxidation sites excluding steroid dienone is 2. The van der Waals surface area contributed by atoms with Gasteiger partial charge in [0, 0.05) is 5.57 Å². The van der Waals surface area contributed by atoms with Gasteiger partial charge in [0.25, 0.3) is 0 Å². The first-order valence-electron chi connectivity index (χ1n) is 4.34. The molecular formula is C10H15NO. The maximum atomic E-state index is 10.8. The van der Waals surface area contributed by atoms with Crippen LogP contribution in [0.4, 0.5) is 0 Å². The molecule has 1 aliphatic carbocycles. The fraction of sp³-hybridized carbons (Fsp3) is 0.500. The van der Waals surface area contributed by atoms with Crippen LogP contribution in [0.15, 0.2) is 23.8 Å². The number of rotatable bonds is 4. The zero-order valence-electron chi connectivity index (χ0n) is 7.47. The zero-order chi connectivity index (χ0) is 9.14. The van der Waals surface area contributed by atoms with Gasteiger partial charge in [0.15, 0.2) is 0 Å². The first-order chi connectivity index (χ1) is 5.65. The monoisotopic (exact) mass is 165 g/mol. The van der Waals surface area contributed by atoms with Gasteiger partial charge in [-0.2, -0.15) is 0 Å². The van der Waals surface area contributed by atoms with Gasteiger partial charge in [-0.3, -0.25) is 4.79 Å². The largest absolute Gasteiger partial charge is 0.366 e. The summed E-state index contributed by atoms with van der Waals surface area (Å²) in [5.74, 6) is 0.296. The topological polar surface area (TPSA) is 43.1 Å². The highest BCUT2D eigenvalue weighted by molar-refractivity contribution is 5.92. The van der Waals surface area contributed by atoms with E-state index in [9.17, 15) is 4.79 Å². The Kier molecular flexibility index (Phi) is 2.69. The van der Waals surface area contributed by atoms with E-state index in [1.165, 1.54) is 12.8 Å². The quantitative estimate of drug-likeness (QED) is 0.500. The molecule has 1 rings (SSSR count). The predicted octanol–water partition coefficient (Wildman–Crippen LogP) is 1.77. The average Bonchev–Trinajstić information content (AvgIpc) is 2.80. The van der Waals surface area contributed by atoms with Crippen molar-refractivity contribution in [3.63, 3.8) is 0 Å². The van der Waals surface area contributed by atoms with Gasteiger partial charge < -0.3 is 5.73 Å². The molecule has 0 heterocycles. The van der Waals surface area contributed by atoms with Crippen LogP contribution in [0.3, 0.4) is 0 Å². The van der Waals surface area contributed by atoms with Crippen LogP contribution >= 0.6 is 0 Å². The van der Waals surface area contributed by atoms with E-state index >= 15 is 0 Å². The molecule has 0 atom stereocenters. The van der Waals surface area contributed by atoms with E-state index in [0.717, 1.165) is 5.57 Å². The van der Waals surface area contributed by atoms with Gasteiger partial charge in [-0.05, 0) is 25.2 Å². The molecule has 1 aliphatic rings. The number of nitrogens with two attached hydrogens (primary N) is 1. The standard InChI is InChI=1S/C10H15NO/c1-3-8(10(11)12)6-7(2)9-4-5-9/h6,9H,2-5H2,1H3,(H2,11,12). The van der Waals surface area contributed by atoms with Gasteiger partial charge in [-0.25, -0.2) is 0 Å². The van der Waals surface area contributed by atoms with Crippen molar-refractivity contribution >= 4 is 5.91 Å². The van der Waals surface area contributed by atoms with Crippen LogP contribution in [0.25, 0.3) is 0 Å². The molecule has 0 spiro atoms. The van der Waals surface area contributed by atoms with Crippen molar-refractivity contribution in [3.8, 4) is 0 Å². The molecule has 2 N–H and O–H groups in total. The molecule has 1 fully saturated rings. The molecule has 0 radical (unpaired) electrons. The third-order valence-corrected chi connectivity index (χ3v) is 2.16. The number of hydrogen-bond donors (Lipinski definition) is 1. The maximum Gasteiger partial charge on any atom is 0.244 e. The molecular weight excluding hydrogens is 150 g/mol. The second-order valence-electron chi connectivity index (χ2n) is 3.24. The molecule has 0 bridgehead atoms. The smallest absolute Gasteiger partial charge is 0.244 e. The van der Waals surface area contributed by atoms with Gasteiger partial charge >= 0.3 is 0 Å². The summed E-state index contributed by atoms with van der Waals surface area (Å²) in [6, 6.07) is 0. The molecule has 0 unspecified atom stereocenters. The Morgan fingerprint density at radius 2 is 2.25 bits per heavy atom. The van der Waals surface area contributed by atoms with Gasteiger partial charge in [-0.1, -0.05) is 25.2 Å². The highest BCUT2D eigenvalue weighted by Crippen LogP contribution is 2.36. The molecule has 0 aliphatic heterocycles. The van der Waals surface area contributed by atoms with E-state index in [1.807, 2.05) is 13.0 Å². The SMILES string of the molecule is C=C(C=C(CC)C(N)=O)C1CC1. The summed E-state index contributed by atoms with van der Waals surface area (Å²) in [6.07, 6.45) is 4.97. The molecule has 0 aromatic heterocycles. The highest BCUT2D eigenvalue weighted by Gasteiger charge is 2.23. The lowest BCUT2D eigenvalue weighted by Crippen LogP contribution is -2.13. The lowest BCUT2D eigenvalue weighted by molar-refractivity contribution is -0.114. The van der Waals surface area contributed by atoms with Crippen molar-refractivity contribution < 1.29 is 4.79 Å². The van der Waals surface area contributed by atoms with E-state index < -0.39 is 0 Å². The van der Waals surface area contributed by atoms with Crippen LogP contribution in [-0.2, 0) is 4.79 Å². The van der Waals surface area contributed by atoms with Gasteiger partial charge in [-0.15, -0.1) is 0 Å². The minimum absolute atomic E-state index is 0.320. The lowest BCUT2D eigenvalue weighted by atomic mass is 10.1. The summed E-state index contributed by atoms with van der Waals surface area (Å²) in [5.41, 5.74) is 6.92. The van der Waals surface area contributed by atoms with Gasteiger partial charge in [0.05, 0.1) is 0 Å². The van der Waals surface area contributed by atoms with E-state index in [2.05, 4.69) is 6.58 Å². The Hall–Kier alpha value is -1.05. The van der Waals surface area contributed by atoms with E-state index in [4.69, 9.17) is 5.73 Å². The Bertz CT molecular complexity index is 236. The van der Waals surface area contributed by atoms with Gasteiger partial charge in [0.1, 0.15) is 0 Å². The van der Waals surface area contributed by atoms with Crippen LogP contribution in [0.5, 0.6) is 0 Å². The first kappa shape index (κ1) is 9.04. The molecule has 2 nitrogen and oxygen atoms in total. The number of carbonyl (C=O) groups excluding carboxylic acids is 1. The van der Waals surface area contributed by atoms with Crippen molar-refractivity contribution in [2.45, 2.75) is 26.2 Å². The Morgan fingerprint density at radius 1 is 1.67 bits per heavy atom. The van der Waals surface area contributed by atoms with Crippen molar-refractivity contribution in [3.05, 3.63) is 23.8 Å². The van der Waals surface area contributed by atoms with E-state index in [0.29, 0.717) is 17.9 Å². The van der Waals surface area contributed by atoms with E-state index in [1.54, 1.807) is 0 Å². The summed E-state index contributed by atoms with van der Waals surface area (Å²) < 4.78 is 0. The van der Waals surface area contributed by atoms with Crippen LogP contribution in [0.2, 0.25) is 0 Å². The second kappa shape index (κ2) is 3.57. The summed E-state index contributed by atoms with van der Waals surface area (Å²) in [4.78, 5) is 10.8. The summed E-state index contributed by atoms with van der Waals surface area (Å²) >= 11 is 0. The third-order valence-electron chi connectivity index (χ3n) is 2.16. The number of primary amides is 1. The zero-order valence-corrected chi connectivity index (χ0v) is 7.47. The minimum atomic E-state index is -0.320. The second-order valence-corrected chi connectivity index (χ2v) is 3.24. The fourth-order valence-electron chi connectivity index (χ4n) is 1.14. The van der Waals surface area contributed by atoms with Crippen molar-refractivity contribution in [2.75, 3.05) is 0 Å². The molecule has 0 saturated heterocycles. The van der Waals surface area contributed by atoms with Crippen molar-refractivity contribution in [1.29, 1.82) is 0 Å². The highest BCUT2D eigenvalue weighted by atomic mass is 16.1. The Morgan fingerprint density at radius 3 is 2.58 bits per heavy atom. The van der Waals surface area contributed by atoms with Crippen molar-refractivity contribution in [1.82, 2.24) is 0 Å². The fourth-order valence-corrected chi connectivity index (χ4v) is 1.14. The predicted molar refractivity (Wildman–Crippen MR) is 49.4 cm³/mol. The molecule has 12 heavy (non-hydrogen) atoms. The van der Waals surface area contributed by atoms with Crippen LogP contribution in [0.1, 0.15) is 26.2 Å². The number of carbonyl (C=O) groups is 1. The van der Waals surface area contributed by atoms with Crippen molar-refractivity contribution in [2.24, 2.45) is 11.7 Å². The molecule has 0 aromatic carbocycles. The molecule has 2 heteroatoms.